The summed E-state index contributed by atoms with van der Waals surface area (Å²) < 4.78 is 1.52. The fourth-order valence-electron chi connectivity index (χ4n) is 1.61. The molecule has 102 valence electrons. The van der Waals surface area contributed by atoms with Gasteiger partial charge in [-0.2, -0.15) is 24.7 Å². The fourth-order valence-corrected chi connectivity index (χ4v) is 2.27. The molecule has 0 unspecified atom stereocenters. The van der Waals surface area contributed by atoms with Gasteiger partial charge in [0.1, 0.15) is 12.7 Å². The van der Waals surface area contributed by atoms with E-state index in [9.17, 15) is 0 Å². The minimum atomic E-state index is 0.458. The van der Waals surface area contributed by atoms with E-state index in [0.29, 0.717) is 17.7 Å². The Balaban J connectivity index is 2.03. The van der Waals surface area contributed by atoms with Crippen molar-refractivity contribution in [1.29, 1.82) is 0 Å². The van der Waals surface area contributed by atoms with Crippen molar-refractivity contribution >= 4 is 17.3 Å². The third-order valence-corrected chi connectivity index (χ3v) is 3.39. The first kappa shape index (κ1) is 12.7. The summed E-state index contributed by atoms with van der Waals surface area (Å²) >= 11 is 1.59. The molecule has 8 heteroatoms. The van der Waals surface area contributed by atoms with Crippen molar-refractivity contribution in [3.8, 4) is 16.6 Å². The fraction of sp³-hybridized carbons (Fsp3) is 0.250. The highest BCUT2D eigenvalue weighted by Crippen LogP contribution is 2.22. The Morgan fingerprint density at radius 3 is 2.95 bits per heavy atom. The van der Waals surface area contributed by atoms with Crippen LogP contribution < -0.4 is 5.32 Å². The molecule has 7 nitrogen and oxygen atoms in total. The van der Waals surface area contributed by atoms with Crippen molar-refractivity contribution in [2.75, 3.05) is 11.9 Å². The smallest absolute Gasteiger partial charge is 0.257 e. The van der Waals surface area contributed by atoms with Crippen molar-refractivity contribution < 1.29 is 0 Å². The van der Waals surface area contributed by atoms with E-state index >= 15 is 0 Å². The summed E-state index contributed by atoms with van der Waals surface area (Å²) in [5.41, 5.74) is 0. The largest absolute Gasteiger partial charge is 0.354 e. The lowest BCUT2D eigenvalue weighted by atomic mass is 10.4. The Kier molecular flexibility index (Phi) is 3.64. The number of aromatic nitrogens is 6. The van der Waals surface area contributed by atoms with Gasteiger partial charge in [-0.15, -0.1) is 11.3 Å². The van der Waals surface area contributed by atoms with Crippen LogP contribution in [-0.2, 0) is 0 Å². The lowest BCUT2D eigenvalue weighted by molar-refractivity contribution is 0.795. The molecule has 3 aromatic heterocycles. The lowest BCUT2D eigenvalue weighted by Crippen LogP contribution is -2.10. The molecule has 0 aliphatic heterocycles. The number of nitrogens with zero attached hydrogens (tertiary/aromatic N) is 6. The lowest BCUT2D eigenvalue weighted by Gasteiger charge is -2.07. The SMILES string of the molecule is CCCNc1nc(-c2cccs2)nc(-n2cncn2)n1. The minimum absolute atomic E-state index is 0.458. The van der Waals surface area contributed by atoms with Gasteiger partial charge >= 0.3 is 0 Å². The van der Waals surface area contributed by atoms with E-state index in [0.717, 1.165) is 17.8 Å². The van der Waals surface area contributed by atoms with Crippen LogP contribution in [0.1, 0.15) is 13.3 Å². The van der Waals surface area contributed by atoms with Gasteiger partial charge in [0.05, 0.1) is 4.88 Å². The van der Waals surface area contributed by atoms with Gasteiger partial charge in [0.2, 0.25) is 5.95 Å². The Morgan fingerprint density at radius 2 is 2.25 bits per heavy atom. The summed E-state index contributed by atoms with van der Waals surface area (Å²) in [6, 6.07) is 3.95. The zero-order valence-electron chi connectivity index (χ0n) is 10.9. The Morgan fingerprint density at radius 1 is 1.30 bits per heavy atom. The number of thiophene rings is 1. The number of rotatable bonds is 5. The molecule has 0 saturated carbocycles. The van der Waals surface area contributed by atoms with Crippen molar-refractivity contribution in [2.45, 2.75) is 13.3 Å². The summed E-state index contributed by atoms with van der Waals surface area (Å²) in [5.74, 6) is 1.65. The van der Waals surface area contributed by atoms with Crippen molar-refractivity contribution in [3.63, 3.8) is 0 Å². The highest BCUT2D eigenvalue weighted by Gasteiger charge is 2.10. The average Bonchev–Trinajstić information content (AvgIpc) is 3.17. The van der Waals surface area contributed by atoms with E-state index in [1.165, 1.54) is 11.0 Å². The van der Waals surface area contributed by atoms with Gasteiger partial charge in [-0.05, 0) is 17.9 Å². The van der Waals surface area contributed by atoms with E-state index in [-0.39, 0.29) is 0 Å². The summed E-state index contributed by atoms with van der Waals surface area (Å²) in [5, 5.41) is 9.23. The third-order valence-electron chi connectivity index (χ3n) is 2.52. The average molecular weight is 287 g/mol. The number of hydrogen-bond donors (Lipinski definition) is 1. The monoisotopic (exact) mass is 287 g/mol. The molecule has 0 saturated heterocycles. The van der Waals surface area contributed by atoms with E-state index in [2.05, 4.69) is 37.3 Å². The van der Waals surface area contributed by atoms with E-state index in [1.54, 1.807) is 17.7 Å². The highest BCUT2D eigenvalue weighted by molar-refractivity contribution is 7.13. The first-order chi connectivity index (χ1) is 9.86. The number of anilines is 1. The molecule has 0 spiro atoms. The highest BCUT2D eigenvalue weighted by atomic mass is 32.1. The first-order valence-corrected chi connectivity index (χ1v) is 7.13. The third kappa shape index (κ3) is 2.64. The molecule has 0 fully saturated rings. The molecule has 20 heavy (non-hydrogen) atoms. The van der Waals surface area contributed by atoms with Crippen LogP contribution in [0.4, 0.5) is 5.95 Å². The zero-order chi connectivity index (χ0) is 13.8. The molecule has 0 atom stereocenters. The predicted octanol–water partition coefficient (Wildman–Crippen LogP) is 2.00. The van der Waals surface area contributed by atoms with Crippen LogP contribution >= 0.6 is 11.3 Å². The molecule has 0 radical (unpaired) electrons. The van der Waals surface area contributed by atoms with Crippen molar-refractivity contribution in [2.24, 2.45) is 0 Å². The van der Waals surface area contributed by atoms with Gasteiger partial charge in [0.25, 0.3) is 5.95 Å². The van der Waals surface area contributed by atoms with Crippen LogP contribution in [0.3, 0.4) is 0 Å². The zero-order valence-corrected chi connectivity index (χ0v) is 11.7. The van der Waals surface area contributed by atoms with Gasteiger partial charge in [-0.3, -0.25) is 0 Å². The molecule has 3 aromatic rings. The maximum Gasteiger partial charge on any atom is 0.257 e. The molecule has 0 amide bonds. The van der Waals surface area contributed by atoms with Crippen LogP contribution in [-0.4, -0.2) is 36.3 Å². The second-order valence-corrected chi connectivity index (χ2v) is 4.97. The van der Waals surface area contributed by atoms with E-state index in [4.69, 9.17) is 0 Å². The van der Waals surface area contributed by atoms with Crippen LogP contribution in [0.15, 0.2) is 30.2 Å². The van der Waals surface area contributed by atoms with Crippen LogP contribution in [0.5, 0.6) is 0 Å². The van der Waals surface area contributed by atoms with Crippen LogP contribution in [0, 0.1) is 0 Å². The maximum absolute atomic E-state index is 4.44. The van der Waals surface area contributed by atoms with Gasteiger partial charge in [-0.25, -0.2) is 4.98 Å². The Hall–Kier alpha value is -2.35. The van der Waals surface area contributed by atoms with Crippen LogP contribution in [0.2, 0.25) is 0 Å². The summed E-state index contributed by atoms with van der Waals surface area (Å²) in [6.45, 7) is 2.90. The molecule has 0 aliphatic rings. The van der Waals surface area contributed by atoms with Gasteiger partial charge in [-0.1, -0.05) is 13.0 Å². The van der Waals surface area contributed by atoms with Gasteiger partial charge < -0.3 is 5.32 Å². The normalized spacial score (nSPS) is 10.7. The quantitative estimate of drug-likeness (QED) is 0.773. The maximum atomic E-state index is 4.44. The molecule has 0 aliphatic carbocycles. The van der Waals surface area contributed by atoms with Crippen LogP contribution in [0.25, 0.3) is 16.6 Å². The summed E-state index contributed by atoms with van der Waals surface area (Å²) in [4.78, 5) is 18.1. The molecular formula is C12H13N7S. The van der Waals surface area contributed by atoms with Gasteiger partial charge in [0.15, 0.2) is 5.82 Å². The molecular weight excluding hydrogens is 274 g/mol. The Bertz CT molecular complexity index is 611. The number of hydrogen-bond acceptors (Lipinski definition) is 7. The number of nitrogens with one attached hydrogen (secondary N) is 1. The van der Waals surface area contributed by atoms with Crippen molar-refractivity contribution in [3.05, 3.63) is 30.2 Å². The molecule has 0 bridgehead atoms. The minimum Gasteiger partial charge on any atom is -0.354 e. The first-order valence-electron chi connectivity index (χ1n) is 6.25. The van der Waals surface area contributed by atoms with Gasteiger partial charge in [0, 0.05) is 6.54 Å². The topological polar surface area (TPSA) is 81.4 Å². The summed E-state index contributed by atoms with van der Waals surface area (Å²) in [7, 11) is 0. The molecule has 3 heterocycles. The molecule has 0 aromatic carbocycles. The van der Waals surface area contributed by atoms with E-state index in [1.807, 2.05) is 17.5 Å². The molecule has 1 N–H and O–H groups in total. The standard InChI is InChI=1S/C12H13N7S/c1-2-5-14-11-16-10(9-4-3-6-20-9)17-12(18-11)19-8-13-7-15-19/h3-4,6-8H,2,5H2,1H3,(H,14,16,17,18). The second kappa shape index (κ2) is 5.74. The van der Waals surface area contributed by atoms with E-state index < -0.39 is 0 Å². The predicted molar refractivity (Wildman–Crippen MR) is 76.8 cm³/mol. The molecule has 3 rings (SSSR count). The summed E-state index contributed by atoms with van der Waals surface area (Å²) in [6.07, 6.45) is 4.02. The Labute approximate surface area is 119 Å². The van der Waals surface area contributed by atoms with Crippen molar-refractivity contribution in [1.82, 2.24) is 29.7 Å². The second-order valence-electron chi connectivity index (χ2n) is 4.03.